The van der Waals surface area contributed by atoms with Gasteiger partial charge in [-0.25, -0.2) is 0 Å². The number of halogens is 4. The van der Waals surface area contributed by atoms with Crippen molar-refractivity contribution in [3.05, 3.63) is 83.0 Å². The van der Waals surface area contributed by atoms with E-state index in [1.807, 2.05) is 0 Å². The third kappa shape index (κ3) is 4.03. The molecular formula is C19H12ClF3N2O. The van der Waals surface area contributed by atoms with Gasteiger partial charge in [0.2, 0.25) is 0 Å². The fraction of sp³-hybridized carbons (Fsp3) is 0.0526. The Morgan fingerprint density at radius 3 is 2.35 bits per heavy atom. The molecule has 1 heterocycles. The molecule has 0 saturated heterocycles. The zero-order chi connectivity index (χ0) is 18.7. The van der Waals surface area contributed by atoms with Gasteiger partial charge >= 0.3 is 6.18 Å². The number of nitrogens with one attached hydrogen (secondary N) is 1. The molecule has 0 saturated carbocycles. The highest BCUT2D eigenvalue weighted by molar-refractivity contribution is 6.33. The van der Waals surface area contributed by atoms with Crippen molar-refractivity contribution in [2.24, 2.45) is 0 Å². The van der Waals surface area contributed by atoms with Crippen LogP contribution < -0.4 is 5.32 Å². The predicted octanol–water partition coefficient (Wildman–Crippen LogP) is 5.67. The van der Waals surface area contributed by atoms with Crippen molar-refractivity contribution < 1.29 is 18.0 Å². The molecule has 0 atom stereocenters. The molecular weight excluding hydrogens is 365 g/mol. The monoisotopic (exact) mass is 376 g/mol. The first kappa shape index (κ1) is 17.9. The van der Waals surface area contributed by atoms with Crippen LogP contribution in [0.1, 0.15) is 15.9 Å². The number of anilines is 1. The van der Waals surface area contributed by atoms with Gasteiger partial charge in [-0.3, -0.25) is 9.78 Å². The number of aromatic nitrogens is 1. The Bertz CT molecular complexity index is 940. The largest absolute Gasteiger partial charge is 0.416 e. The summed E-state index contributed by atoms with van der Waals surface area (Å²) in [5.74, 6) is -0.373. The number of alkyl halides is 3. The second-order valence-corrected chi connectivity index (χ2v) is 5.85. The maximum atomic E-state index is 12.8. The summed E-state index contributed by atoms with van der Waals surface area (Å²) >= 11 is 6.00. The molecule has 0 aliphatic carbocycles. The third-order valence-electron chi connectivity index (χ3n) is 3.65. The molecule has 26 heavy (non-hydrogen) atoms. The van der Waals surface area contributed by atoms with Gasteiger partial charge in [-0.2, -0.15) is 13.2 Å². The molecule has 0 aliphatic rings. The molecule has 1 N–H and O–H groups in total. The van der Waals surface area contributed by atoms with Crippen molar-refractivity contribution in [3.63, 3.8) is 0 Å². The third-order valence-corrected chi connectivity index (χ3v) is 3.98. The summed E-state index contributed by atoms with van der Waals surface area (Å²) in [7, 11) is 0. The lowest BCUT2D eigenvalue weighted by atomic mass is 10.1. The maximum absolute atomic E-state index is 12.8. The zero-order valence-electron chi connectivity index (χ0n) is 13.2. The lowest BCUT2D eigenvalue weighted by Gasteiger charge is -2.09. The highest BCUT2D eigenvalue weighted by Gasteiger charge is 2.30. The molecule has 3 nitrogen and oxygen atoms in total. The second kappa shape index (κ2) is 7.17. The van der Waals surface area contributed by atoms with Crippen LogP contribution in [0.3, 0.4) is 0 Å². The Morgan fingerprint density at radius 2 is 1.69 bits per heavy atom. The van der Waals surface area contributed by atoms with Gasteiger partial charge in [0.1, 0.15) is 0 Å². The van der Waals surface area contributed by atoms with Crippen LogP contribution in [0.15, 0.2) is 66.9 Å². The smallest absolute Gasteiger partial charge is 0.321 e. The molecule has 3 rings (SSSR count). The number of hydrogen-bond donors (Lipinski definition) is 1. The number of nitrogens with zero attached hydrogens (tertiary/aromatic N) is 1. The molecule has 132 valence electrons. The quantitative estimate of drug-likeness (QED) is 0.639. The average Bonchev–Trinajstić information content (AvgIpc) is 2.63. The number of pyridine rings is 1. The number of amides is 1. The molecule has 0 spiro atoms. The van der Waals surface area contributed by atoms with E-state index in [2.05, 4.69) is 10.3 Å². The molecule has 3 aromatic rings. The standard InChI is InChI=1S/C19H12ClF3N2O/c20-15-3-1-2-4-16(15)25-18(26)13-7-5-12(6-8-13)17-11-14(9-10-24-17)19(21,22)23/h1-11H,(H,25,26). The molecule has 1 amide bonds. The van der Waals surface area contributed by atoms with Gasteiger partial charge in [-0.1, -0.05) is 35.9 Å². The Kier molecular flexibility index (Phi) is 4.95. The number of carbonyl (C=O) groups excluding carboxylic acids is 1. The minimum Gasteiger partial charge on any atom is -0.321 e. The van der Waals surface area contributed by atoms with Gasteiger partial charge in [0.25, 0.3) is 5.91 Å². The lowest BCUT2D eigenvalue weighted by Crippen LogP contribution is -2.12. The first-order valence-corrected chi connectivity index (χ1v) is 7.92. The van der Waals surface area contributed by atoms with Crippen LogP contribution in [0.5, 0.6) is 0 Å². The Balaban J connectivity index is 1.81. The summed E-state index contributed by atoms with van der Waals surface area (Å²) in [5.41, 5.74) is 0.703. The van der Waals surface area contributed by atoms with Crippen LogP contribution in [0.25, 0.3) is 11.3 Å². The van der Waals surface area contributed by atoms with Crippen molar-refractivity contribution >= 4 is 23.2 Å². The van der Waals surface area contributed by atoms with Crippen LogP contribution >= 0.6 is 11.6 Å². The molecule has 0 unspecified atom stereocenters. The molecule has 7 heteroatoms. The molecule has 1 aromatic heterocycles. The number of rotatable bonds is 3. The van der Waals surface area contributed by atoms with Crippen molar-refractivity contribution in [2.75, 3.05) is 5.32 Å². The van der Waals surface area contributed by atoms with Gasteiger partial charge in [0.05, 0.1) is 22.0 Å². The van der Waals surface area contributed by atoms with Crippen LogP contribution in [0.4, 0.5) is 18.9 Å². The summed E-state index contributed by atoms with van der Waals surface area (Å²) in [6.45, 7) is 0. The molecule has 0 radical (unpaired) electrons. The fourth-order valence-electron chi connectivity index (χ4n) is 2.31. The molecule has 0 fully saturated rings. The number of hydrogen-bond acceptors (Lipinski definition) is 2. The van der Waals surface area contributed by atoms with E-state index in [9.17, 15) is 18.0 Å². The Hall–Kier alpha value is -2.86. The SMILES string of the molecule is O=C(Nc1ccccc1Cl)c1ccc(-c2cc(C(F)(F)F)ccn2)cc1. The summed E-state index contributed by atoms with van der Waals surface area (Å²) < 4.78 is 38.4. The summed E-state index contributed by atoms with van der Waals surface area (Å²) in [5, 5.41) is 3.09. The van der Waals surface area contributed by atoms with E-state index in [4.69, 9.17) is 11.6 Å². The Morgan fingerprint density at radius 1 is 1.00 bits per heavy atom. The minimum absolute atomic E-state index is 0.179. The topological polar surface area (TPSA) is 42.0 Å². The average molecular weight is 377 g/mol. The summed E-state index contributed by atoms with van der Waals surface area (Å²) in [6.07, 6.45) is -3.33. The van der Waals surface area contributed by atoms with Gasteiger partial charge in [0, 0.05) is 17.3 Å². The van der Waals surface area contributed by atoms with E-state index >= 15 is 0 Å². The van der Waals surface area contributed by atoms with Crippen molar-refractivity contribution in [3.8, 4) is 11.3 Å². The van der Waals surface area contributed by atoms with E-state index in [0.717, 1.165) is 18.3 Å². The van der Waals surface area contributed by atoms with Crippen molar-refractivity contribution in [2.45, 2.75) is 6.18 Å². The van der Waals surface area contributed by atoms with Crippen LogP contribution in [0, 0.1) is 0 Å². The van der Waals surface area contributed by atoms with Crippen molar-refractivity contribution in [1.82, 2.24) is 4.98 Å². The van der Waals surface area contributed by atoms with Crippen LogP contribution in [0.2, 0.25) is 5.02 Å². The van der Waals surface area contributed by atoms with E-state index in [1.165, 1.54) is 12.1 Å². The van der Waals surface area contributed by atoms with Crippen LogP contribution in [-0.2, 0) is 6.18 Å². The van der Waals surface area contributed by atoms with E-state index in [-0.39, 0.29) is 11.6 Å². The van der Waals surface area contributed by atoms with Crippen molar-refractivity contribution in [1.29, 1.82) is 0 Å². The highest BCUT2D eigenvalue weighted by atomic mass is 35.5. The minimum atomic E-state index is -4.44. The molecule has 0 aliphatic heterocycles. The predicted molar refractivity (Wildman–Crippen MR) is 94.1 cm³/mol. The normalized spacial score (nSPS) is 11.2. The number of carbonyl (C=O) groups is 1. The molecule has 2 aromatic carbocycles. The molecule has 0 bridgehead atoms. The number of para-hydroxylation sites is 1. The lowest BCUT2D eigenvalue weighted by molar-refractivity contribution is -0.137. The zero-order valence-corrected chi connectivity index (χ0v) is 14.0. The summed E-state index contributed by atoms with van der Waals surface area (Å²) in [4.78, 5) is 16.2. The van der Waals surface area contributed by atoms with Gasteiger partial charge < -0.3 is 5.32 Å². The van der Waals surface area contributed by atoms with E-state index in [1.54, 1.807) is 36.4 Å². The number of benzene rings is 2. The Labute approximate surface area is 152 Å². The van der Waals surface area contributed by atoms with E-state index in [0.29, 0.717) is 21.8 Å². The highest BCUT2D eigenvalue weighted by Crippen LogP contribution is 2.31. The van der Waals surface area contributed by atoms with Gasteiger partial charge in [0.15, 0.2) is 0 Å². The maximum Gasteiger partial charge on any atom is 0.416 e. The first-order chi connectivity index (χ1) is 12.3. The van der Waals surface area contributed by atoms with E-state index < -0.39 is 11.7 Å². The fourth-order valence-corrected chi connectivity index (χ4v) is 2.50. The van der Waals surface area contributed by atoms with Crippen LogP contribution in [-0.4, -0.2) is 10.9 Å². The first-order valence-electron chi connectivity index (χ1n) is 7.54. The summed E-state index contributed by atoms with van der Waals surface area (Å²) in [6, 6.07) is 14.8. The second-order valence-electron chi connectivity index (χ2n) is 5.44. The van der Waals surface area contributed by atoms with Gasteiger partial charge in [-0.05, 0) is 36.4 Å². The van der Waals surface area contributed by atoms with Gasteiger partial charge in [-0.15, -0.1) is 0 Å².